The van der Waals surface area contributed by atoms with Crippen LogP contribution in [0.1, 0.15) is 32.6 Å². The van der Waals surface area contributed by atoms with Gasteiger partial charge in [-0.2, -0.15) is 0 Å². The summed E-state index contributed by atoms with van der Waals surface area (Å²) in [7, 11) is 1.34. The van der Waals surface area contributed by atoms with E-state index in [2.05, 4.69) is 10.1 Å². The van der Waals surface area contributed by atoms with Crippen LogP contribution < -0.4 is 11.0 Å². The Balaban J connectivity index is 1.97. The summed E-state index contributed by atoms with van der Waals surface area (Å²) in [5.41, 5.74) is 1.66. The molecule has 0 spiro atoms. The number of benzene rings is 1. The zero-order chi connectivity index (χ0) is 18.2. The Morgan fingerprint density at radius 3 is 2.32 bits per heavy atom. The number of esters is 1. The van der Waals surface area contributed by atoms with Crippen molar-refractivity contribution in [3.8, 4) is 0 Å². The molecule has 0 aliphatic heterocycles. The maximum atomic E-state index is 12.6. The number of aryl methyl sites for hydroxylation is 2. The lowest BCUT2D eigenvalue weighted by Crippen LogP contribution is -2.29. The molecule has 2 aromatic rings. The zero-order valence-corrected chi connectivity index (χ0v) is 14.8. The molecule has 0 atom stereocenters. The molecule has 0 fully saturated rings. The van der Waals surface area contributed by atoms with Gasteiger partial charge in [0, 0.05) is 32.5 Å². The number of aromatic nitrogens is 2. The monoisotopic (exact) mass is 347 g/mol. The number of nitrogens with zero attached hydrogens (tertiary/aromatic N) is 2. The minimum absolute atomic E-state index is 0.0819. The van der Waals surface area contributed by atoms with Crippen molar-refractivity contribution in [2.75, 3.05) is 13.7 Å². The predicted molar refractivity (Wildman–Crippen MR) is 95.4 cm³/mol. The molecular weight excluding hydrogens is 322 g/mol. The molecule has 25 heavy (non-hydrogen) atoms. The fraction of sp³-hybridized carbons (Fsp3) is 0.500. The lowest BCUT2D eigenvalue weighted by molar-refractivity contribution is -0.140. The molecule has 0 unspecified atom stereocenters. The highest BCUT2D eigenvalue weighted by molar-refractivity contribution is 5.78. The van der Waals surface area contributed by atoms with Crippen LogP contribution in [0, 0.1) is 0 Å². The fourth-order valence-electron chi connectivity index (χ4n) is 2.79. The van der Waals surface area contributed by atoms with E-state index in [1.807, 2.05) is 31.2 Å². The summed E-state index contributed by atoms with van der Waals surface area (Å²) in [4.78, 5) is 35.6. The Labute approximate surface area is 146 Å². The van der Waals surface area contributed by atoms with Crippen LogP contribution in [0.15, 0.2) is 29.1 Å². The zero-order valence-electron chi connectivity index (χ0n) is 14.8. The highest BCUT2D eigenvalue weighted by atomic mass is 16.5. The Hall–Kier alpha value is -2.57. The second-order valence-electron chi connectivity index (χ2n) is 5.85. The molecule has 7 heteroatoms. The summed E-state index contributed by atoms with van der Waals surface area (Å²) < 4.78 is 7.95. The third-order valence-corrected chi connectivity index (χ3v) is 4.04. The molecule has 1 amide bonds. The molecule has 0 bridgehead atoms. The van der Waals surface area contributed by atoms with Gasteiger partial charge in [0.05, 0.1) is 18.1 Å². The van der Waals surface area contributed by atoms with Crippen molar-refractivity contribution in [2.45, 2.75) is 45.7 Å². The smallest absolute Gasteiger partial charge is 0.329 e. The van der Waals surface area contributed by atoms with Gasteiger partial charge in [-0.1, -0.05) is 19.1 Å². The normalized spacial score (nSPS) is 10.8. The van der Waals surface area contributed by atoms with Gasteiger partial charge in [0.2, 0.25) is 5.91 Å². The molecule has 7 nitrogen and oxygen atoms in total. The average molecular weight is 347 g/mol. The lowest BCUT2D eigenvalue weighted by atomic mass is 10.3. The largest absolute Gasteiger partial charge is 0.469 e. The van der Waals surface area contributed by atoms with Gasteiger partial charge in [-0.15, -0.1) is 0 Å². The van der Waals surface area contributed by atoms with E-state index < -0.39 is 0 Å². The maximum Gasteiger partial charge on any atom is 0.329 e. The van der Waals surface area contributed by atoms with Crippen molar-refractivity contribution < 1.29 is 14.3 Å². The highest BCUT2D eigenvalue weighted by Crippen LogP contribution is 2.13. The second kappa shape index (κ2) is 9.05. The number of methoxy groups -OCH3 is 1. The van der Waals surface area contributed by atoms with Crippen molar-refractivity contribution >= 4 is 22.9 Å². The first-order chi connectivity index (χ1) is 12.1. The van der Waals surface area contributed by atoms with Gasteiger partial charge in [-0.25, -0.2) is 4.79 Å². The Kier molecular flexibility index (Phi) is 6.80. The Morgan fingerprint density at radius 2 is 1.72 bits per heavy atom. The number of rotatable bonds is 9. The molecule has 1 aromatic heterocycles. The summed E-state index contributed by atoms with van der Waals surface area (Å²) in [5.74, 6) is -0.423. The van der Waals surface area contributed by atoms with E-state index in [9.17, 15) is 14.4 Å². The van der Waals surface area contributed by atoms with E-state index >= 15 is 0 Å². The number of amides is 1. The first kappa shape index (κ1) is 18.8. The molecule has 0 saturated carbocycles. The van der Waals surface area contributed by atoms with Crippen molar-refractivity contribution in [3.05, 3.63) is 34.7 Å². The molecule has 1 heterocycles. The van der Waals surface area contributed by atoms with Gasteiger partial charge < -0.3 is 10.1 Å². The van der Waals surface area contributed by atoms with Gasteiger partial charge in [-0.3, -0.25) is 18.7 Å². The molecule has 136 valence electrons. The minimum Gasteiger partial charge on any atom is -0.469 e. The number of imidazole rings is 1. The van der Waals surface area contributed by atoms with Gasteiger partial charge in [-0.05, 0) is 25.0 Å². The topological polar surface area (TPSA) is 82.3 Å². The SMILES string of the molecule is CCCn1c(=O)n(CCC(=O)NCCCC(=O)OC)c2ccccc21. The van der Waals surface area contributed by atoms with Crippen LogP contribution in [-0.2, 0) is 27.4 Å². The molecule has 2 rings (SSSR count). The number of para-hydroxylation sites is 2. The molecule has 0 saturated heterocycles. The van der Waals surface area contributed by atoms with Gasteiger partial charge in [0.15, 0.2) is 0 Å². The van der Waals surface area contributed by atoms with Crippen molar-refractivity contribution in [3.63, 3.8) is 0 Å². The first-order valence-electron chi connectivity index (χ1n) is 8.60. The summed E-state index contributed by atoms with van der Waals surface area (Å²) >= 11 is 0. The summed E-state index contributed by atoms with van der Waals surface area (Å²) in [6.45, 7) is 3.44. The standard InChI is InChI=1S/C18H25N3O4/c1-3-12-20-14-7-4-5-8-15(14)21(18(20)24)13-10-16(22)19-11-6-9-17(23)25-2/h4-5,7-8H,3,6,9-13H2,1-2H3,(H,19,22). The van der Waals surface area contributed by atoms with E-state index in [1.165, 1.54) is 7.11 Å². The number of hydrogen-bond acceptors (Lipinski definition) is 4. The average Bonchev–Trinajstić information content (AvgIpc) is 2.89. The number of fused-ring (bicyclic) bond motifs is 1. The summed E-state index contributed by atoms with van der Waals surface area (Å²) in [6.07, 6.45) is 1.90. The summed E-state index contributed by atoms with van der Waals surface area (Å²) in [5, 5.41) is 2.76. The first-order valence-corrected chi connectivity index (χ1v) is 8.60. The van der Waals surface area contributed by atoms with E-state index in [4.69, 9.17) is 0 Å². The van der Waals surface area contributed by atoms with Crippen LogP contribution in [0.2, 0.25) is 0 Å². The summed E-state index contributed by atoms with van der Waals surface area (Å²) in [6, 6.07) is 7.63. The van der Waals surface area contributed by atoms with Gasteiger partial charge >= 0.3 is 11.7 Å². The van der Waals surface area contributed by atoms with E-state index in [0.717, 1.165) is 17.5 Å². The third kappa shape index (κ3) is 4.71. The van der Waals surface area contributed by atoms with Crippen LogP contribution in [0.25, 0.3) is 11.0 Å². The quantitative estimate of drug-likeness (QED) is 0.553. The molecule has 1 aromatic carbocycles. The van der Waals surface area contributed by atoms with Crippen molar-refractivity contribution in [1.82, 2.24) is 14.5 Å². The fourth-order valence-corrected chi connectivity index (χ4v) is 2.79. The van der Waals surface area contributed by atoms with E-state index in [1.54, 1.807) is 9.13 Å². The Bertz CT molecular complexity index is 791. The van der Waals surface area contributed by atoms with Crippen LogP contribution >= 0.6 is 0 Å². The number of hydrogen-bond donors (Lipinski definition) is 1. The minimum atomic E-state index is -0.287. The molecule has 0 aliphatic rings. The lowest BCUT2D eigenvalue weighted by Gasteiger charge is -2.06. The Morgan fingerprint density at radius 1 is 1.08 bits per heavy atom. The number of nitrogens with one attached hydrogen (secondary N) is 1. The molecule has 1 N–H and O–H groups in total. The number of carbonyl (C=O) groups excluding carboxylic acids is 2. The predicted octanol–water partition coefficient (Wildman–Crippen LogP) is 1.67. The van der Waals surface area contributed by atoms with Crippen molar-refractivity contribution in [1.29, 1.82) is 0 Å². The van der Waals surface area contributed by atoms with Crippen LogP contribution in [-0.4, -0.2) is 34.7 Å². The number of ether oxygens (including phenoxy) is 1. The second-order valence-corrected chi connectivity index (χ2v) is 5.85. The van der Waals surface area contributed by atoms with Gasteiger partial charge in [0.25, 0.3) is 0 Å². The maximum absolute atomic E-state index is 12.6. The molecule has 0 radical (unpaired) electrons. The van der Waals surface area contributed by atoms with Crippen LogP contribution in [0.3, 0.4) is 0 Å². The molecule has 0 aliphatic carbocycles. The van der Waals surface area contributed by atoms with E-state index in [0.29, 0.717) is 26.1 Å². The van der Waals surface area contributed by atoms with Gasteiger partial charge in [0.1, 0.15) is 0 Å². The van der Waals surface area contributed by atoms with E-state index in [-0.39, 0.29) is 30.4 Å². The van der Waals surface area contributed by atoms with Crippen LogP contribution in [0.4, 0.5) is 0 Å². The third-order valence-electron chi connectivity index (χ3n) is 4.04. The van der Waals surface area contributed by atoms with Crippen molar-refractivity contribution in [2.24, 2.45) is 0 Å². The molecular formula is C18H25N3O4. The highest BCUT2D eigenvalue weighted by Gasteiger charge is 2.13. The van der Waals surface area contributed by atoms with Crippen LogP contribution in [0.5, 0.6) is 0 Å². The number of carbonyl (C=O) groups is 2.